The fourth-order valence-corrected chi connectivity index (χ4v) is 2.87. The van der Waals surface area contributed by atoms with Gasteiger partial charge in [0.05, 0.1) is 6.42 Å². The third-order valence-corrected chi connectivity index (χ3v) is 3.80. The van der Waals surface area contributed by atoms with Crippen LogP contribution in [0, 0.1) is 0 Å². The predicted molar refractivity (Wildman–Crippen MR) is 86.3 cm³/mol. The smallest absolute Gasteiger partial charge is 0.390 e. The van der Waals surface area contributed by atoms with Crippen molar-refractivity contribution in [2.24, 2.45) is 0 Å². The van der Waals surface area contributed by atoms with E-state index in [0.29, 0.717) is 31.9 Å². The molecule has 0 bridgehead atoms. The van der Waals surface area contributed by atoms with Gasteiger partial charge < -0.3 is 15.2 Å². The highest BCUT2D eigenvalue weighted by Gasteiger charge is 2.37. The van der Waals surface area contributed by atoms with E-state index in [-0.39, 0.29) is 11.3 Å². The highest BCUT2D eigenvalue weighted by Crippen LogP contribution is 2.39. The molecule has 7 heteroatoms. The lowest BCUT2D eigenvalue weighted by Gasteiger charge is -2.36. The van der Waals surface area contributed by atoms with E-state index in [1.54, 1.807) is 11.0 Å². The number of nitrogens with zero attached hydrogens (tertiary/aromatic N) is 1. The molecule has 1 aromatic rings. The van der Waals surface area contributed by atoms with Crippen LogP contribution in [0.1, 0.15) is 38.8 Å². The van der Waals surface area contributed by atoms with Crippen molar-refractivity contribution >= 4 is 0 Å². The van der Waals surface area contributed by atoms with Crippen molar-refractivity contribution in [1.29, 1.82) is 0 Å². The van der Waals surface area contributed by atoms with Crippen LogP contribution in [0.25, 0.3) is 0 Å². The summed E-state index contributed by atoms with van der Waals surface area (Å²) in [5.41, 5.74) is -0.209. The second-order valence-electron chi connectivity index (χ2n) is 7.06. The molecule has 2 N–H and O–H groups in total. The van der Waals surface area contributed by atoms with E-state index in [1.165, 1.54) is 12.1 Å². The Kier molecular flexibility index (Phi) is 5.65. The van der Waals surface area contributed by atoms with Gasteiger partial charge in [-0.25, -0.2) is 0 Å². The molecule has 2 rings (SSSR count). The van der Waals surface area contributed by atoms with E-state index >= 15 is 0 Å². The van der Waals surface area contributed by atoms with Crippen LogP contribution in [-0.2, 0) is 0 Å². The summed E-state index contributed by atoms with van der Waals surface area (Å²) in [7, 11) is 0. The van der Waals surface area contributed by atoms with Crippen LogP contribution >= 0.6 is 0 Å². The number of hydrogen-bond donors (Lipinski definition) is 2. The fourth-order valence-electron chi connectivity index (χ4n) is 2.87. The van der Waals surface area contributed by atoms with Crippen LogP contribution in [0.5, 0.6) is 11.5 Å². The number of halogens is 3. The summed E-state index contributed by atoms with van der Waals surface area (Å²) in [6.07, 6.45) is -5.32. The lowest BCUT2D eigenvalue weighted by molar-refractivity contribution is -0.148. The Bertz CT molecular complexity index is 550. The zero-order valence-electron chi connectivity index (χ0n) is 14.3. The van der Waals surface area contributed by atoms with Crippen molar-refractivity contribution in [3.8, 4) is 11.5 Å². The highest BCUT2D eigenvalue weighted by molar-refractivity contribution is 5.41. The normalized spacial score (nSPS) is 18.4. The molecule has 136 valence electrons. The maximum absolute atomic E-state index is 13.1. The molecule has 0 saturated carbocycles. The van der Waals surface area contributed by atoms with Gasteiger partial charge in [0.15, 0.2) is 0 Å². The van der Waals surface area contributed by atoms with Gasteiger partial charge >= 0.3 is 6.18 Å². The molecule has 0 aromatic heterocycles. The molecule has 1 aromatic carbocycles. The molecule has 1 saturated heterocycles. The van der Waals surface area contributed by atoms with E-state index in [1.807, 2.05) is 20.8 Å². The van der Waals surface area contributed by atoms with E-state index in [4.69, 9.17) is 4.74 Å². The lowest BCUT2D eigenvalue weighted by atomic mass is 9.99. The van der Waals surface area contributed by atoms with Gasteiger partial charge in [-0.1, -0.05) is 0 Å². The van der Waals surface area contributed by atoms with Gasteiger partial charge in [0.1, 0.15) is 17.1 Å². The second kappa shape index (κ2) is 7.19. The molecule has 1 aliphatic heterocycles. The Balaban J connectivity index is 2.34. The van der Waals surface area contributed by atoms with Gasteiger partial charge in [-0.2, -0.15) is 13.2 Å². The van der Waals surface area contributed by atoms with Crippen LogP contribution in [0.15, 0.2) is 18.2 Å². The van der Waals surface area contributed by atoms with Gasteiger partial charge in [0, 0.05) is 37.8 Å². The summed E-state index contributed by atoms with van der Waals surface area (Å²) in [6.45, 7) is 7.87. The number of hydrogen-bond acceptors (Lipinski definition) is 4. The first-order chi connectivity index (χ1) is 11.1. The molecule has 0 spiro atoms. The number of ether oxygens (including phenoxy) is 1. The average molecular weight is 346 g/mol. The molecule has 1 atom stereocenters. The van der Waals surface area contributed by atoms with Crippen molar-refractivity contribution < 1.29 is 23.0 Å². The number of rotatable bonds is 4. The number of phenolic OH excluding ortho intramolecular Hbond substituents is 1. The summed E-state index contributed by atoms with van der Waals surface area (Å²) in [5.74, 6) is 0.321. The Morgan fingerprint density at radius 2 is 1.83 bits per heavy atom. The minimum atomic E-state index is -4.32. The average Bonchev–Trinajstić information content (AvgIpc) is 2.45. The van der Waals surface area contributed by atoms with Gasteiger partial charge in [-0.3, -0.25) is 4.90 Å². The Labute approximate surface area is 140 Å². The van der Waals surface area contributed by atoms with E-state index in [2.05, 4.69) is 5.32 Å². The molecule has 24 heavy (non-hydrogen) atoms. The van der Waals surface area contributed by atoms with Crippen molar-refractivity contribution in [1.82, 2.24) is 10.2 Å². The summed E-state index contributed by atoms with van der Waals surface area (Å²) >= 11 is 0. The summed E-state index contributed by atoms with van der Waals surface area (Å²) < 4.78 is 45.0. The molecular formula is C17H25F3N2O2. The summed E-state index contributed by atoms with van der Waals surface area (Å²) in [6, 6.07) is 3.59. The number of phenols is 1. The maximum Gasteiger partial charge on any atom is 0.390 e. The molecule has 1 aliphatic rings. The van der Waals surface area contributed by atoms with Crippen LogP contribution < -0.4 is 10.1 Å². The van der Waals surface area contributed by atoms with Gasteiger partial charge in [0.25, 0.3) is 0 Å². The van der Waals surface area contributed by atoms with Gasteiger partial charge in [-0.15, -0.1) is 0 Å². The molecule has 0 aliphatic carbocycles. The minimum Gasteiger partial charge on any atom is -0.508 e. The Hall–Kier alpha value is -1.47. The highest BCUT2D eigenvalue weighted by atomic mass is 19.4. The second-order valence-corrected chi connectivity index (χ2v) is 7.06. The van der Waals surface area contributed by atoms with Crippen LogP contribution in [0.3, 0.4) is 0 Å². The maximum atomic E-state index is 13.1. The molecule has 4 nitrogen and oxygen atoms in total. The Morgan fingerprint density at radius 1 is 1.21 bits per heavy atom. The number of benzene rings is 1. The SMILES string of the molecule is CC(C)(C)Oc1ccc(O)c([C@@H](CC(F)(F)F)N2CCNCC2)c1. The number of aromatic hydroxyl groups is 1. The van der Waals surface area contributed by atoms with Crippen LogP contribution in [0.2, 0.25) is 0 Å². The lowest BCUT2D eigenvalue weighted by Crippen LogP contribution is -2.46. The zero-order valence-corrected chi connectivity index (χ0v) is 14.3. The number of piperazine rings is 1. The zero-order chi connectivity index (χ0) is 18.0. The van der Waals surface area contributed by atoms with Crippen molar-refractivity contribution in [3.05, 3.63) is 23.8 Å². The third-order valence-electron chi connectivity index (χ3n) is 3.80. The van der Waals surface area contributed by atoms with Crippen LogP contribution in [-0.4, -0.2) is 48.0 Å². The quantitative estimate of drug-likeness (QED) is 0.876. The van der Waals surface area contributed by atoms with Crippen molar-refractivity contribution in [3.63, 3.8) is 0 Å². The summed E-state index contributed by atoms with van der Waals surface area (Å²) in [4.78, 5) is 1.76. The predicted octanol–water partition coefficient (Wildman–Crippen LogP) is 3.47. The standard InChI is InChI=1S/C17H25F3N2O2/c1-16(2,3)24-12-4-5-15(23)13(10-12)14(11-17(18,19)20)22-8-6-21-7-9-22/h4-5,10,14,21,23H,6-9,11H2,1-3H3/t14-/m1/s1. The van der Waals surface area contributed by atoms with E-state index in [0.717, 1.165) is 0 Å². The molecule has 0 amide bonds. The first kappa shape index (κ1) is 18.9. The monoisotopic (exact) mass is 346 g/mol. The third kappa shape index (κ3) is 5.56. The topological polar surface area (TPSA) is 44.7 Å². The minimum absolute atomic E-state index is 0.135. The fraction of sp³-hybridized carbons (Fsp3) is 0.647. The van der Waals surface area contributed by atoms with E-state index < -0.39 is 24.2 Å². The molecule has 0 radical (unpaired) electrons. The van der Waals surface area contributed by atoms with Crippen LogP contribution in [0.4, 0.5) is 13.2 Å². The number of nitrogens with one attached hydrogen (secondary N) is 1. The largest absolute Gasteiger partial charge is 0.508 e. The van der Waals surface area contributed by atoms with Gasteiger partial charge in [-0.05, 0) is 39.0 Å². The van der Waals surface area contributed by atoms with E-state index in [9.17, 15) is 18.3 Å². The van der Waals surface area contributed by atoms with Gasteiger partial charge in [0.2, 0.25) is 0 Å². The number of alkyl halides is 3. The summed E-state index contributed by atoms with van der Waals surface area (Å²) in [5, 5.41) is 13.3. The molecule has 0 unspecified atom stereocenters. The van der Waals surface area contributed by atoms with Crippen molar-refractivity contribution in [2.45, 2.75) is 45.0 Å². The molecule has 1 heterocycles. The molecule has 1 fully saturated rings. The Morgan fingerprint density at radius 3 is 2.38 bits per heavy atom. The van der Waals surface area contributed by atoms with Crippen molar-refractivity contribution in [2.75, 3.05) is 26.2 Å². The molecular weight excluding hydrogens is 321 g/mol. The first-order valence-electron chi connectivity index (χ1n) is 8.09. The first-order valence-corrected chi connectivity index (χ1v) is 8.09.